The van der Waals surface area contributed by atoms with Gasteiger partial charge in [-0.05, 0) is 17.3 Å². The molecule has 2 aliphatic rings. The van der Waals surface area contributed by atoms with Crippen LogP contribution in [0.5, 0.6) is 0 Å². The van der Waals surface area contributed by atoms with Gasteiger partial charge in [0.15, 0.2) is 0 Å². The SMILES string of the molecule is CC1(CC2(C)CC(=O)OC(=O)C2)CC(=O)CC(=O)C1. The number of carbonyl (C=O) groups is 4. The first kappa shape index (κ1) is 13.9. The predicted molar refractivity (Wildman–Crippen MR) is 65.0 cm³/mol. The summed E-state index contributed by atoms with van der Waals surface area (Å²) in [6.45, 7) is 3.73. The molecule has 1 heterocycles. The van der Waals surface area contributed by atoms with Gasteiger partial charge >= 0.3 is 11.9 Å². The van der Waals surface area contributed by atoms with Crippen LogP contribution >= 0.6 is 0 Å². The number of Topliss-reactive ketones (excluding diaryl/α,β-unsaturated/α-hetero) is 2. The molecular weight excluding hydrogens is 248 g/mol. The minimum atomic E-state index is -0.518. The first-order valence-electron chi connectivity index (χ1n) is 6.47. The third-order valence-electron chi connectivity index (χ3n) is 3.87. The molecule has 2 fully saturated rings. The largest absolute Gasteiger partial charge is 0.393 e. The number of rotatable bonds is 2. The molecule has 0 N–H and O–H groups in total. The van der Waals surface area contributed by atoms with Crippen molar-refractivity contribution in [3.05, 3.63) is 0 Å². The first-order chi connectivity index (χ1) is 8.70. The van der Waals surface area contributed by atoms with Crippen LogP contribution in [0.2, 0.25) is 0 Å². The van der Waals surface area contributed by atoms with Crippen LogP contribution in [-0.2, 0) is 23.9 Å². The van der Waals surface area contributed by atoms with E-state index in [0.29, 0.717) is 19.3 Å². The Labute approximate surface area is 111 Å². The van der Waals surface area contributed by atoms with Crippen LogP contribution in [0, 0.1) is 10.8 Å². The average molecular weight is 266 g/mol. The summed E-state index contributed by atoms with van der Waals surface area (Å²) in [6, 6.07) is 0. The van der Waals surface area contributed by atoms with Gasteiger partial charge in [0.1, 0.15) is 11.6 Å². The van der Waals surface area contributed by atoms with Crippen LogP contribution in [-0.4, -0.2) is 23.5 Å². The Morgan fingerprint density at radius 1 is 0.842 bits per heavy atom. The van der Waals surface area contributed by atoms with Crippen molar-refractivity contribution >= 4 is 23.5 Å². The number of carbonyl (C=O) groups excluding carboxylic acids is 4. The zero-order valence-electron chi connectivity index (χ0n) is 11.3. The lowest BCUT2D eigenvalue weighted by molar-refractivity contribution is -0.169. The number of ether oxygens (including phenoxy) is 1. The highest BCUT2D eigenvalue weighted by atomic mass is 16.6. The molecule has 1 saturated heterocycles. The molecule has 5 nitrogen and oxygen atoms in total. The molecule has 0 aromatic rings. The number of cyclic esters (lactones) is 2. The Morgan fingerprint density at radius 2 is 1.26 bits per heavy atom. The molecule has 1 aliphatic heterocycles. The van der Waals surface area contributed by atoms with E-state index in [0.717, 1.165) is 0 Å². The molecule has 19 heavy (non-hydrogen) atoms. The molecule has 0 aromatic heterocycles. The first-order valence-corrected chi connectivity index (χ1v) is 6.47. The third kappa shape index (κ3) is 3.28. The van der Waals surface area contributed by atoms with Gasteiger partial charge in [0.2, 0.25) is 0 Å². The monoisotopic (exact) mass is 266 g/mol. The Kier molecular flexibility index (Phi) is 3.32. The lowest BCUT2D eigenvalue weighted by Crippen LogP contribution is -2.40. The van der Waals surface area contributed by atoms with E-state index in [-0.39, 0.29) is 30.8 Å². The van der Waals surface area contributed by atoms with Crippen molar-refractivity contribution in [2.24, 2.45) is 10.8 Å². The summed E-state index contributed by atoms with van der Waals surface area (Å²) in [5.41, 5.74) is -0.960. The van der Waals surface area contributed by atoms with Gasteiger partial charge in [0, 0.05) is 12.8 Å². The summed E-state index contributed by atoms with van der Waals surface area (Å²) in [5.74, 6) is -1.13. The summed E-state index contributed by atoms with van der Waals surface area (Å²) in [4.78, 5) is 45.9. The quantitative estimate of drug-likeness (QED) is 0.560. The molecule has 5 heteroatoms. The smallest absolute Gasteiger partial charge is 0.314 e. The van der Waals surface area contributed by atoms with Crippen molar-refractivity contribution in [3.63, 3.8) is 0 Å². The summed E-state index contributed by atoms with van der Waals surface area (Å²) in [7, 11) is 0. The average Bonchev–Trinajstić information content (AvgIpc) is 2.08. The Morgan fingerprint density at radius 3 is 1.74 bits per heavy atom. The van der Waals surface area contributed by atoms with Gasteiger partial charge in [-0.3, -0.25) is 19.2 Å². The van der Waals surface area contributed by atoms with Crippen molar-refractivity contribution in [2.45, 2.75) is 52.4 Å². The minimum absolute atomic E-state index is 0.0211. The second-order valence-electron chi connectivity index (χ2n) is 6.61. The third-order valence-corrected chi connectivity index (χ3v) is 3.87. The molecule has 2 rings (SSSR count). The molecule has 0 bridgehead atoms. The van der Waals surface area contributed by atoms with E-state index in [1.165, 1.54) is 0 Å². The molecule has 1 aliphatic carbocycles. The summed E-state index contributed by atoms with van der Waals surface area (Å²) in [5, 5.41) is 0. The fourth-order valence-corrected chi connectivity index (χ4v) is 3.60. The maximum Gasteiger partial charge on any atom is 0.314 e. The molecular formula is C14H18O5. The van der Waals surface area contributed by atoms with Crippen LogP contribution < -0.4 is 0 Å². The van der Waals surface area contributed by atoms with Gasteiger partial charge in [0.05, 0.1) is 19.3 Å². The number of ketones is 2. The lowest BCUT2D eigenvalue weighted by Gasteiger charge is -2.41. The van der Waals surface area contributed by atoms with Crippen molar-refractivity contribution < 1.29 is 23.9 Å². The Balaban J connectivity index is 2.14. The van der Waals surface area contributed by atoms with E-state index in [2.05, 4.69) is 4.74 Å². The zero-order valence-corrected chi connectivity index (χ0v) is 11.3. The van der Waals surface area contributed by atoms with Gasteiger partial charge in [-0.15, -0.1) is 0 Å². The minimum Gasteiger partial charge on any atom is -0.393 e. The molecule has 1 saturated carbocycles. The van der Waals surface area contributed by atoms with Crippen molar-refractivity contribution in [3.8, 4) is 0 Å². The van der Waals surface area contributed by atoms with Gasteiger partial charge in [-0.1, -0.05) is 13.8 Å². The number of hydrogen-bond donors (Lipinski definition) is 0. The van der Waals surface area contributed by atoms with Gasteiger partial charge < -0.3 is 4.74 Å². The van der Waals surface area contributed by atoms with Crippen molar-refractivity contribution in [2.75, 3.05) is 0 Å². The molecule has 0 amide bonds. The van der Waals surface area contributed by atoms with Crippen LogP contribution in [0.15, 0.2) is 0 Å². The molecule has 0 radical (unpaired) electrons. The molecule has 104 valence electrons. The van der Waals surface area contributed by atoms with Crippen molar-refractivity contribution in [1.82, 2.24) is 0 Å². The zero-order chi connectivity index (χ0) is 14.3. The van der Waals surface area contributed by atoms with Crippen LogP contribution in [0.1, 0.15) is 52.4 Å². The highest BCUT2D eigenvalue weighted by molar-refractivity contribution is 6.02. The lowest BCUT2D eigenvalue weighted by atomic mass is 9.63. The van der Waals surface area contributed by atoms with Crippen LogP contribution in [0.3, 0.4) is 0 Å². The second kappa shape index (κ2) is 4.54. The maximum atomic E-state index is 11.6. The molecule has 0 spiro atoms. The Hall–Kier alpha value is -1.52. The van der Waals surface area contributed by atoms with E-state index in [4.69, 9.17) is 0 Å². The van der Waals surface area contributed by atoms with Crippen molar-refractivity contribution in [1.29, 1.82) is 0 Å². The van der Waals surface area contributed by atoms with E-state index in [9.17, 15) is 19.2 Å². The van der Waals surface area contributed by atoms with Gasteiger partial charge in [0.25, 0.3) is 0 Å². The molecule has 0 aromatic carbocycles. The van der Waals surface area contributed by atoms with E-state index in [1.807, 2.05) is 13.8 Å². The molecule has 0 atom stereocenters. The van der Waals surface area contributed by atoms with Crippen LogP contribution in [0.4, 0.5) is 0 Å². The molecule has 0 unspecified atom stereocenters. The highest BCUT2D eigenvalue weighted by Gasteiger charge is 2.45. The van der Waals surface area contributed by atoms with Gasteiger partial charge in [-0.2, -0.15) is 0 Å². The standard InChI is InChI=1S/C14H18O5/c1-13(4-9(15)3-10(16)5-13)8-14(2)6-11(17)19-12(18)7-14/h3-8H2,1-2H3. The topological polar surface area (TPSA) is 77.5 Å². The fourth-order valence-electron chi connectivity index (χ4n) is 3.60. The highest BCUT2D eigenvalue weighted by Crippen LogP contribution is 2.47. The van der Waals surface area contributed by atoms with Gasteiger partial charge in [-0.25, -0.2) is 0 Å². The van der Waals surface area contributed by atoms with Crippen LogP contribution in [0.25, 0.3) is 0 Å². The Bertz CT molecular complexity index is 388. The maximum absolute atomic E-state index is 11.6. The summed E-state index contributed by atoms with van der Waals surface area (Å²) >= 11 is 0. The van der Waals surface area contributed by atoms with E-state index in [1.54, 1.807) is 0 Å². The normalized spacial score (nSPS) is 26.2. The summed E-state index contributed by atoms with van der Waals surface area (Å²) in [6.07, 6.45) is 1.55. The van der Waals surface area contributed by atoms with E-state index >= 15 is 0 Å². The number of esters is 2. The van der Waals surface area contributed by atoms with E-state index < -0.39 is 22.8 Å². The number of hydrogen-bond acceptors (Lipinski definition) is 5. The predicted octanol–water partition coefficient (Wildman–Crippen LogP) is 1.57. The second-order valence-corrected chi connectivity index (χ2v) is 6.61. The summed E-state index contributed by atoms with van der Waals surface area (Å²) < 4.78 is 4.53. The fraction of sp³-hybridized carbons (Fsp3) is 0.714.